The maximum Gasteiger partial charge on any atom is 0.257 e. The Kier molecular flexibility index (Phi) is 4.76. The van der Waals surface area contributed by atoms with Gasteiger partial charge in [0.15, 0.2) is 0 Å². The Hall–Kier alpha value is -1.36. The zero-order valence-electron chi connectivity index (χ0n) is 14.5. The summed E-state index contributed by atoms with van der Waals surface area (Å²) >= 11 is 0. The summed E-state index contributed by atoms with van der Waals surface area (Å²) < 4.78 is 2.05. The van der Waals surface area contributed by atoms with Crippen molar-refractivity contribution in [2.24, 2.45) is 5.92 Å². The van der Waals surface area contributed by atoms with Crippen molar-refractivity contribution < 1.29 is 9.90 Å². The van der Waals surface area contributed by atoms with Crippen LogP contribution in [0.2, 0.25) is 0 Å². The molecule has 1 aliphatic carbocycles. The fourth-order valence-corrected chi connectivity index (χ4v) is 3.73. The SMILES string of the molecule is CC(C)Cn1ncc(C(=O)N2CCCC2CC(C)O)c1C1CC1. The first kappa shape index (κ1) is 16.5. The molecule has 2 atom stereocenters. The molecule has 1 aromatic rings. The molecule has 2 fully saturated rings. The Morgan fingerprint density at radius 2 is 2.09 bits per heavy atom. The number of hydrogen-bond acceptors (Lipinski definition) is 3. The highest BCUT2D eigenvalue weighted by molar-refractivity contribution is 5.95. The van der Waals surface area contributed by atoms with Gasteiger partial charge in [-0.05, 0) is 44.9 Å². The third kappa shape index (κ3) is 3.60. The summed E-state index contributed by atoms with van der Waals surface area (Å²) in [5.41, 5.74) is 1.94. The first-order valence-electron chi connectivity index (χ1n) is 9.02. The first-order valence-corrected chi connectivity index (χ1v) is 9.02. The second kappa shape index (κ2) is 6.63. The van der Waals surface area contributed by atoms with Gasteiger partial charge in [-0.3, -0.25) is 9.48 Å². The Morgan fingerprint density at radius 1 is 1.35 bits per heavy atom. The van der Waals surface area contributed by atoms with Crippen LogP contribution in [0.5, 0.6) is 0 Å². The summed E-state index contributed by atoms with van der Waals surface area (Å²) in [5, 5.41) is 14.2. The second-order valence-electron chi connectivity index (χ2n) is 7.67. The zero-order chi connectivity index (χ0) is 16.6. The zero-order valence-corrected chi connectivity index (χ0v) is 14.5. The van der Waals surface area contributed by atoms with E-state index in [1.165, 1.54) is 12.8 Å². The van der Waals surface area contributed by atoms with Gasteiger partial charge in [-0.15, -0.1) is 0 Å². The maximum absolute atomic E-state index is 13.1. The number of carbonyl (C=O) groups excluding carboxylic acids is 1. The number of likely N-dealkylation sites (tertiary alicyclic amines) is 1. The van der Waals surface area contributed by atoms with Crippen molar-refractivity contribution in [1.82, 2.24) is 14.7 Å². The quantitative estimate of drug-likeness (QED) is 0.877. The van der Waals surface area contributed by atoms with Crippen LogP contribution in [0.4, 0.5) is 0 Å². The largest absolute Gasteiger partial charge is 0.393 e. The Labute approximate surface area is 138 Å². The Morgan fingerprint density at radius 3 is 2.70 bits per heavy atom. The molecule has 3 rings (SSSR count). The standard InChI is InChI=1S/C18H29N3O2/c1-12(2)11-21-17(14-6-7-14)16(10-19-21)18(23)20-8-4-5-15(20)9-13(3)22/h10,12-15,22H,4-9,11H2,1-3H3. The van der Waals surface area contributed by atoms with Gasteiger partial charge in [0.1, 0.15) is 0 Å². The van der Waals surface area contributed by atoms with Crippen LogP contribution in [0.1, 0.15) is 74.8 Å². The van der Waals surface area contributed by atoms with Crippen molar-refractivity contribution >= 4 is 5.91 Å². The minimum absolute atomic E-state index is 0.116. The van der Waals surface area contributed by atoms with Gasteiger partial charge in [0.25, 0.3) is 5.91 Å². The fourth-order valence-electron chi connectivity index (χ4n) is 3.73. The highest BCUT2D eigenvalue weighted by Crippen LogP contribution is 2.42. The predicted octanol–water partition coefficient (Wildman–Crippen LogP) is 2.79. The van der Waals surface area contributed by atoms with E-state index >= 15 is 0 Å². The predicted molar refractivity (Wildman–Crippen MR) is 89.4 cm³/mol. The molecule has 1 amide bonds. The van der Waals surface area contributed by atoms with E-state index in [1.54, 1.807) is 13.1 Å². The molecule has 0 radical (unpaired) electrons. The minimum Gasteiger partial charge on any atom is -0.393 e. The van der Waals surface area contributed by atoms with Gasteiger partial charge < -0.3 is 10.0 Å². The van der Waals surface area contributed by atoms with E-state index in [2.05, 4.69) is 23.6 Å². The number of amides is 1. The number of aliphatic hydroxyl groups is 1. The second-order valence-corrected chi connectivity index (χ2v) is 7.67. The fraction of sp³-hybridized carbons (Fsp3) is 0.778. The van der Waals surface area contributed by atoms with E-state index in [9.17, 15) is 9.90 Å². The summed E-state index contributed by atoms with van der Waals surface area (Å²) in [6.45, 7) is 7.83. The summed E-state index contributed by atoms with van der Waals surface area (Å²) in [5.74, 6) is 1.14. The molecule has 5 nitrogen and oxygen atoms in total. The van der Waals surface area contributed by atoms with E-state index in [0.29, 0.717) is 18.3 Å². The Balaban J connectivity index is 1.83. The van der Waals surface area contributed by atoms with E-state index < -0.39 is 0 Å². The van der Waals surface area contributed by atoms with Crippen molar-refractivity contribution in [3.63, 3.8) is 0 Å². The molecular weight excluding hydrogens is 290 g/mol. The summed E-state index contributed by atoms with van der Waals surface area (Å²) in [7, 11) is 0. The lowest BCUT2D eigenvalue weighted by Crippen LogP contribution is -2.37. The highest BCUT2D eigenvalue weighted by Gasteiger charge is 2.36. The molecule has 1 N–H and O–H groups in total. The maximum atomic E-state index is 13.1. The van der Waals surface area contributed by atoms with Gasteiger partial charge >= 0.3 is 0 Å². The van der Waals surface area contributed by atoms with Crippen molar-refractivity contribution in [2.75, 3.05) is 6.54 Å². The van der Waals surface area contributed by atoms with E-state index in [-0.39, 0.29) is 18.1 Å². The Bertz CT molecular complexity index is 561. The molecule has 0 bridgehead atoms. The monoisotopic (exact) mass is 319 g/mol. The molecule has 2 heterocycles. The van der Waals surface area contributed by atoms with Gasteiger partial charge in [0.05, 0.1) is 23.6 Å². The van der Waals surface area contributed by atoms with Crippen molar-refractivity contribution in [3.05, 3.63) is 17.5 Å². The van der Waals surface area contributed by atoms with Crippen molar-refractivity contribution in [1.29, 1.82) is 0 Å². The molecule has 23 heavy (non-hydrogen) atoms. The number of rotatable bonds is 6. The van der Waals surface area contributed by atoms with Crippen LogP contribution < -0.4 is 0 Å². The van der Waals surface area contributed by atoms with Gasteiger partial charge in [-0.1, -0.05) is 13.8 Å². The number of hydrogen-bond donors (Lipinski definition) is 1. The molecule has 1 aliphatic heterocycles. The summed E-state index contributed by atoms with van der Waals surface area (Å²) in [6.07, 6.45) is 6.45. The summed E-state index contributed by atoms with van der Waals surface area (Å²) in [4.78, 5) is 15.0. The lowest BCUT2D eigenvalue weighted by Gasteiger charge is -2.26. The van der Waals surface area contributed by atoms with Crippen LogP contribution in [0, 0.1) is 5.92 Å². The molecule has 5 heteroatoms. The third-order valence-corrected chi connectivity index (χ3v) is 4.86. The van der Waals surface area contributed by atoms with Crippen LogP contribution in [0.3, 0.4) is 0 Å². The number of nitrogens with zero attached hydrogens (tertiary/aromatic N) is 3. The van der Waals surface area contributed by atoms with Crippen LogP contribution in [0.15, 0.2) is 6.20 Å². The van der Waals surface area contributed by atoms with Crippen LogP contribution in [-0.4, -0.2) is 44.4 Å². The molecule has 0 aromatic carbocycles. The van der Waals surface area contributed by atoms with Crippen LogP contribution in [-0.2, 0) is 6.54 Å². The molecule has 0 spiro atoms. The van der Waals surface area contributed by atoms with Crippen LogP contribution >= 0.6 is 0 Å². The smallest absolute Gasteiger partial charge is 0.257 e. The molecular formula is C18H29N3O2. The third-order valence-electron chi connectivity index (χ3n) is 4.86. The van der Waals surface area contributed by atoms with Crippen molar-refractivity contribution in [3.8, 4) is 0 Å². The number of aromatic nitrogens is 2. The number of carbonyl (C=O) groups is 1. The molecule has 1 aromatic heterocycles. The molecule has 2 aliphatic rings. The van der Waals surface area contributed by atoms with Gasteiger partial charge in [-0.25, -0.2) is 0 Å². The molecule has 1 saturated heterocycles. The molecule has 2 unspecified atom stereocenters. The molecule has 128 valence electrons. The average molecular weight is 319 g/mol. The van der Waals surface area contributed by atoms with Crippen molar-refractivity contribution in [2.45, 2.75) is 77.5 Å². The molecule has 1 saturated carbocycles. The van der Waals surface area contributed by atoms with Gasteiger partial charge in [0, 0.05) is 25.0 Å². The highest BCUT2D eigenvalue weighted by atomic mass is 16.3. The minimum atomic E-state index is -0.361. The van der Waals surface area contributed by atoms with E-state index in [0.717, 1.165) is 37.2 Å². The van der Waals surface area contributed by atoms with Crippen LogP contribution in [0.25, 0.3) is 0 Å². The van der Waals surface area contributed by atoms with E-state index in [4.69, 9.17) is 0 Å². The van der Waals surface area contributed by atoms with Gasteiger partial charge in [0.2, 0.25) is 0 Å². The normalized spacial score (nSPS) is 22.8. The van der Waals surface area contributed by atoms with Gasteiger partial charge in [-0.2, -0.15) is 5.10 Å². The first-order chi connectivity index (χ1) is 11.0. The topological polar surface area (TPSA) is 58.4 Å². The van der Waals surface area contributed by atoms with E-state index in [1.807, 2.05) is 4.90 Å². The lowest BCUT2D eigenvalue weighted by molar-refractivity contribution is 0.0680. The lowest BCUT2D eigenvalue weighted by atomic mass is 10.1. The average Bonchev–Trinajstić information content (AvgIpc) is 3.06. The summed E-state index contributed by atoms with van der Waals surface area (Å²) in [6, 6.07) is 0.169. The number of aliphatic hydroxyl groups excluding tert-OH is 1.